The molecule has 8 heteroatoms. The Morgan fingerprint density at radius 2 is 2.14 bits per heavy atom. The lowest BCUT2D eigenvalue weighted by Gasteiger charge is -2.08. The predicted molar refractivity (Wildman–Crippen MR) is 78.2 cm³/mol. The number of nitrogens with two attached hydrogens (primary N) is 1. The van der Waals surface area contributed by atoms with E-state index in [2.05, 4.69) is 4.98 Å². The van der Waals surface area contributed by atoms with Gasteiger partial charge < -0.3 is 10.5 Å². The van der Waals surface area contributed by atoms with Crippen molar-refractivity contribution >= 4 is 23.1 Å². The van der Waals surface area contributed by atoms with Crippen LogP contribution < -0.4 is 10.5 Å². The smallest absolute Gasteiger partial charge is 0.311 e. The summed E-state index contributed by atoms with van der Waals surface area (Å²) >= 11 is 5.82. The maximum atomic E-state index is 11.0. The van der Waals surface area contributed by atoms with E-state index < -0.39 is 4.92 Å². The molecule has 108 valence electrons. The van der Waals surface area contributed by atoms with Crippen molar-refractivity contribution in [2.24, 2.45) is 5.73 Å². The summed E-state index contributed by atoms with van der Waals surface area (Å²) in [7, 11) is 0. The molecule has 0 radical (unpaired) electrons. The van der Waals surface area contributed by atoms with Crippen LogP contribution in [0.4, 0.5) is 5.69 Å². The Balaban J connectivity index is 2.45. The lowest BCUT2D eigenvalue weighted by atomic mass is 10.2. The lowest BCUT2D eigenvalue weighted by Crippen LogP contribution is -2.11. The van der Waals surface area contributed by atoms with E-state index in [0.29, 0.717) is 16.3 Å². The lowest BCUT2D eigenvalue weighted by molar-refractivity contribution is -0.385. The quantitative estimate of drug-likeness (QED) is 0.390. The summed E-state index contributed by atoms with van der Waals surface area (Å²) in [5.74, 6) is -0.0726. The Kier molecular flexibility index (Phi) is 4.04. The average molecular weight is 307 g/mol. The maximum Gasteiger partial charge on any atom is 0.311 e. The number of aryl methyl sites for hydroxylation is 1. The van der Waals surface area contributed by atoms with Gasteiger partial charge in [0.2, 0.25) is 11.6 Å². The minimum Gasteiger partial charge on any atom is -0.432 e. The standard InChI is InChI=1S/C13H11ClN4O3/c1-7-4-8(13(15)16)5-12(17-7)21-11-6-9(14)2-3-10(11)18(19)20/h2-6H,1H3,(H3,15,16). The Hall–Kier alpha value is -2.67. The van der Waals surface area contributed by atoms with Gasteiger partial charge in [0.05, 0.1) is 4.92 Å². The largest absolute Gasteiger partial charge is 0.432 e. The summed E-state index contributed by atoms with van der Waals surface area (Å²) in [6.07, 6.45) is 0. The molecule has 0 spiro atoms. The second kappa shape index (κ2) is 5.76. The van der Waals surface area contributed by atoms with Crippen molar-refractivity contribution in [1.29, 1.82) is 5.41 Å². The highest BCUT2D eigenvalue weighted by Gasteiger charge is 2.17. The van der Waals surface area contributed by atoms with Crippen LogP contribution in [0.25, 0.3) is 0 Å². The van der Waals surface area contributed by atoms with Gasteiger partial charge >= 0.3 is 5.69 Å². The molecule has 0 fully saturated rings. The van der Waals surface area contributed by atoms with E-state index in [-0.39, 0.29) is 23.2 Å². The number of nitrogen functional groups attached to an aromatic ring is 1. The third-order valence-electron chi connectivity index (χ3n) is 2.57. The van der Waals surface area contributed by atoms with E-state index in [4.69, 9.17) is 27.5 Å². The normalized spacial score (nSPS) is 10.2. The molecule has 2 aromatic rings. The molecule has 0 aliphatic rings. The molecule has 21 heavy (non-hydrogen) atoms. The Labute approximate surface area is 125 Å². The zero-order valence-corrected chi connectivity index (χ0v) is 11.7. The van der Waals surface area contributed by atoms with E-state index in [1.807, 2.05) is 0 Å². The number of aromatic nitrogens is 1. The molecule has 1 aromatic carbocycles. The van der Waals surface area contributed by atoms with Crippen LogP contribution in [0.3, 0.4) is 0 Å². The van der Waals surface area contributed by atoms with E-state index in [9.17, 15) is 10.1 Å². The van der Waals surface area contributed by atoms with Crippen LogP contribution in [-0.2, 0) is 0 Å². The third-order valence-corrected chi connectivity index (χ3v) is 2.81. The molecule has 0 bridgehead atoms. The number of ether oxygens (including phenoxy) is 1. The number of hydrogen-bond acceptors (Lipinski definition) is 5. The first-order valence-electron chi connectivity index (χ1n) is 5.81. The van der Waals surface area contributed by atoms with Crippen LogP contribution in [0.1, 0.15) is 11.3 Å². The van der Waals surface area contributed by atoms with Crippen molar-refractivity contribution < 1.29 is 9.66 Å². The molecule has 0 saturated heterocycles. The molecule has 0 aliphatic carbocycles. The van der Waals surface area contributed by atoms with Crippen molar-refractivity contribution in [3.05, 3.63) is 56.7 Å². The predicted octanol–water partition coefficient (Wildman–Crippen LogP) is 3.03. The van der Waals surface area contributed by atoms with Gasteiger partial charge in [-0.2, -0.15) is 0 Å². The number of nitro benzene ring substituents is 1. The highest BCUT2D eigenvalue weighted by molar-refractivity contribution is 6.30. The first-order valence-corrected chi connectivity index (χ1v) is 6.19. The highest BCUT2D eigenvalue weighted by Crippen LogP contribution is 2.33. The minimum atomic E-state index is -0.576. The maximum absolute atomic E-state index is 11.0. The summed E-state index contributed by atoms with van der Waals surface area (Å²) in [4.78, 5) is 14.5. The molecule has 0 saturated carbocycles. The van der Waals surface area contributed by atoms with Crippen LogP contribution in [0.15, 0.2) is 30.3 Å². The van der Waals surface area contributed by atoms with Crippen LogP contribution in [0, 0.1) is 22.4 Å². The number of benzene rings is 1. The van der Waals surface area contributed by atoms with Gasteiger partial charge in [-0.15, -0.1) is 0 Å². The van der Waals surface area contributed by atoms with Gasteiger partial charge in [0.15, 0.2) is 0 Å². The van der Waals surface area contributed by atoms with Crippen LogP contribution in [0.2, 0.25) is 5.02 Å². The second-order valence-electron chi connectivity index (χ2n) is 4.22. The van der Waals surface area contributed by atoms with Gasteiger partial charge in [-0.3, -0.25) is 15.5 Å². The summed E-state index contributed by atoms with van der Waals surface area (Å²) < 4.78 is 5.43. The number of amidine groups is 1. The number of pyridine rings is 1. The molecule has 0 amide bonds. The summed E-state index contributed by atoms with van der Waals surface area (Å²) in [6, 6.07) is 7.02. The molecule has 0 unspecified atom stereocenters. The highest BCUT2D eigenvalue weighted by atomic mass is 35.5. The molecular formula is C13H11ClN4O3. The number of nitrogens with one attached hydrogen (secondary N) is 1. The van der Waals surface area contributed by atoms with Crippen molar-refractivity contribution in [2.75, 3.05) is 0 Å². The molecule has 7 nitrogen and oxygen atoms in total. The van der Waals surface area contributed by atoms with Gasteiger partial charge in [-0.1, -0.05) is 11.6 Å². The molecule has 2 rings (SSSR count). The SMILES string of the molecule is Cc1cc(C(=N)N)cc(Oc2cc(Cl)ccc2[N+](=O)[O-])n1. The van der Waals surface area contributed by atoms with E-state index >= 15 is 0 Å². The first kappa shape index (κ1) is 14.7. The van der Waals surface area contributed by atoms with Crippen molar-refractivity contribution in [3.63, 3.8) is 0 Å². The van der Waals surface area contributed by atoms with E-state index in [0.717, 1.165) is 0 Å². The number of halogens is 1. The van der Waals surface area contributed by atoms with Gasteiger partial charge in [0.1, 0.15) is 5.84 Å². The fourth-order valence-electron chi connectivity index (χ4n) is 1.68. The Morgan fingerprint density at radius 3 is 2.76 bits per heavy atom. The fourth-order valence-corrected chi connectivity index (χ4v) is 1.84. The van der Waals surface area contributed by atoms with Gasteiger partial charge in [-0.05, 0) is 19.1 Å². The van der Waals surface area contributed by atoms with E-state index in [1.165, 1.54) is 24.3 Å². The zero-order chi connectivity index (χ0) is 15.6. The van der Waals surface area contributed by atoms with Crippen molar-refractivity contribution in [2.45, 2.75) is 6.92 Å². The van der Waals surface area contributed by atoms with Crippen LogP contribution in [0.5, 0.6) is 11.6 Å². The van der Waals surface area contributed by atoms with E-state index in [1.54, 1.807) is 13.0 Å². The summed E-state index contributed by atoms with van der Waals surface area (Å²) in [6.45, 7) is 1.70. The molecule has 0 atom stereocenters. The Bertz CT molecular complexity index is 733. The van der Waals surface area contributed by atoms with Crippen LogP contribution >= 0.6 is 11.6 Å². The summed E-state index contributed by atoms with van der Waals surface area (Å²) in [5.41, 5.74) is 6.18. The van der Waals surface area contributed by atoms with Crippen LogP contribution in [-0.4, -0.2) is 15.7 Å². The minimum absolute atomic E-state index is 0.0277. The molecular weight excluding hydrogens is 296 g/mol. The first-order chi connectivity index (χ1) is 9.86. The number of hydrogen-bond donors (Lipinski definition) is 2. The third kappa shape index (κ3) is 3.46. The second-order valence-corrected chi connectivity index (χ2v) is 4.66. The molecule has 1 heterocycles. The molecule has 3 N–H and O–H groups in total. The average Bonchev–Trinajstić information content (AvgIpc) is 2.37. The zero-order valence-electron chi connectivity index (χ0n) is 11.0. The van der Waals surface area contributed by atoms with Crippen molar-refractivity contribution in [1.82, 2.24) is 4.98 Å². The van der Waals surface area contributed by atoms with Gasteiger partial charge in [0.25, 0.3) is 0 Å². The van der Waals surface area contributed by atoms with Gasteiger partial charge in [-0.25, -0.2) is 4.98 Å². The molecule has 1 aromatic heterocycles. The number of nitrogens with zero attached hydrogens (tertiary/aromatic N) is 2. The number of nitro groups is 1. The monoisotopic (exact) mass is 306 g/mol. The topological polar surface area (TPSA) is 115 Å². The van der Waals surface area contributed by atoms with Crippen molar-refractivity contribution in [3.8, 4) is 11.6 Å². The summed E-state index contributed by atoms with van der Waals surface area (Å²) in [5, 5.41) is 18.7. The molecule has 0 aliphatic heterocycles. The number of rotatable bonds is 4. The van der Waals surface area contributed by atoms with Gasteiger partial charge in [0, 0.05) is 34.5 Å². The fraction of sp³-hybridized carbons (Fsp3) is 0.0769. The Morgan fingerprint density at radius 1 is 1.43 bits per heavy atom.